The molecule has 3 heterocycles. The van der Waals surface area contributed by atoms with Crippen LogP contribution in [0.3, 0.4) is 0 Å². The van der Waals surface area contributed by atoms with Crippen LogP contribution in [0, 0.1) is 0 Å². The van der Waals surface area contributed by atoms with E-state index < -0.39 is 0 Å². The second-order valence-electron chi connectivity index (χ2n) is 13.2. The van der Waals surface area contributed by atoms with Gasteiger partial charge in [0.15, 0.2) is 5.82 Å². The second-order valence-corrected chi connectivity index (χ2v) is 14.2. The molecule has 0 N–H and O–H groups in total. The van der Waals surface area contributed by atoms with Crippen LogP contribution >= 0.6 is 11.3 Å². The van der Waals surface area contributed by atoms with E-state index in [0.717, 1.165) is 61.3 Å². The first-order valence-electron chi connectivity index (χ1n) is 17.8. The Morgan fingerprint density at radius 2 is 0.868 bits per heavy atom. The van der Waals surface area contributed by atoms with Crippen molar-refractivity contribution in [2.24, 2.45) is 0 Å². The summed E-state index contributed by atoms with van der Waals surface area (Å²) in [6, 6.07) is 66.1. The van der Waals surface area contributed by atoms with Crippen molar-refractivity contribution in [3.8, 4) is 66.6 Å². The molecule has 0 aliphatic carbocycles. The van der Waals surface area contributed by atoms with Gasteiger partial charge in [-0.05, 0) is 40.5 Å². The minimum Gasteiger partial charge on any atom is -0.246 e. The zero-order valence-corrected chi connectivity index (χ0v) is 29.5. The summed E-state index contributed by atoms with van der Waals surface area (Å²) in [5.41, 5.74) is 13.0. The van der Waals surface area contributed by atoms with Crippen molar-refractivity contribution in [2.75, 3.05) is 0 Å². The van der Waals surface area contributed by atoms with Gasteiger partial charge in [0.1, 0.15) is 0 Å². The molecule has 0 saturated heterocycles. The third-order valence-electron chi connectivity index (χ3n) is 9.89. The lowest BCUT2D eigenvalue weighted by Crippen LogP contribution is -1.95. The molecule has 10 rings (SSSR count). The van der Waals surface area contributed by atoms with Crippen LogP contribution in [0.5, 0.6) is 0 Å². The molecule has 7 aromatic carbocycles. The van der Waals surface area contributed by atoms with Gasteiger partial charge in [-0.3, -0.25) is 0 Å². The summed E-state index contributed by atoms with van der Waals surface area (Å²) in [6.45, 7) is 0. The van der Waals surface area contributed by atoms with Gasteiger partial charge in [-0.15, -0.1) is 11.3 Å². The first kappa shape index (κ1) is 31.0. The van der Waals surface area contributed by atoms with Crippen LogP contribution in [0.25, 0.3) is 98.5 Å². The standard InChI is InChI=1S/C49H31N3S/c1-4-15-32(16-5-1)37-21-14-22-38(31-37)43-44-39-23-10-12-25-41(39)50-46(33-17-6-2-7-18-33)48(44)53-47(43)35-29-27-34(28-30-35)45-40-24-11-13-26-42(40)51-49(52-45)36-19-8-3-9-20-36/h1-31H. The van der Waals surface area contributed by atoms with E-state index >= 15 is 0 Å². The third-order valence-corrected chi connectivity index (χ3v) is 11.1. The molecule has 0 saturated carbocycles. The van der Waals surface area contributed by atoms with Gasteiger partial charge < -0.3 is 0 Å². The van der Waals surface area contributed by atoms with Gasteiger partial charge in [-0.2, -0.15) is 0 Å². The zero-order chi connectivity index (χ0) is 35.1. The van der Waals surface area contributed by atoms with Crippen molar-refractivity contribution in [1.82, 2.24) is 15.0 Å². The smallest absolute Gasteiger partial charge is 0.160 e. The lowest BCUT2D eigenvalue weighted by molar-refractivity contribution is 1.23. The van der Waals surface area contributed by atoms with E-state index in [9.17, 15) is 0 Å². The Kier molecular flexibility index (Phi) is 7.67. The number of pyridine rings is 1. The number of rotatable bonds is 6. The minimum atomic E-state index is 0.723. The normalized spacial score (nSPS) is 11.4. The van der Waals surface area contributed by atoms with E-state index in [4.69, 9.17) is 15.0 Å². The number of aromatic nitrogens is 3. The van der Waals surface area contributed by atoms with Crippen molar-refractivity contribution < 1.29 is 0 Å². The van der Waals surface area contributed by atoms with Crippen molar-refractivity contribution in [2.45, 2.75) is 0 Å². The number of nitrogens with zero attached hydrogens (tertiary/aromatic N) is 3. The molecule has 10 aromatic rings. The second kappa shape index (κ2) is 13.1. The van der Waals surface area contributed by atoms with Crippen LogP contribution in [0.15, 0.2) is 188 Å². The van der Waals surface area contributed by atoms with E-state index in [1.54, 1.807) is 0 Å². The van der Waals surface area contributed by atoms with Crippen molar-refractivity contribution in [3.05, 3.63) is 188 Å². The molecule has 53 heavy (non-hydrogen) atoms. The molecule has 0 radical (unpaired) electrons. The molecule has 4 heteroatoms. The maximum absolute atomic E-state index is 5.29. The maximum Gasteiger partial charge on any atom is 0.160 e. The van der Waals surface area contributed by atoms with Gasteiger partial charge >= 0.3 is 0 Å². The number of hydrogen-bond acceptors (Lipinski definition) is 4. The lowest BCUT2D eigenvalue weighted by Gasteiger charge is -2.12. The third kappa shape index (κ3) is 5.57. The summed E-state index contributed by atoms with van der Waals surface area (Å²) in [5.74, 6) is 0.723. The van der Waals surface area contributed by atoms with Crippen LogP contribution in [0.4, 0.5) is 0 Å². The molecule has 0 atom stereocenters. The Balaban J connectivity index is 1.21. The fourth-order valence-corrected chi connectivity index (χ4v) is 8.71. The Bertz CT molecular complexity index is 2920. The molecule has 0 aliphatic rings. The van der Waals surface area contributed by atoms with Crippen molar-refractivity contribution in [3.63, 3.8) is 0 Å². The SMILES string of the molecule is c1ccc(-c2cccc(-c3c(-c4ccc(-c5nc(-c6ccccc6)nc6ccccc56)cc4)sc4c(-c5ccccc5)nc5ccccc5c34)c2)cc1. The van der Waals surface area contributed by atoms with Gasteiger partial charge in [0.05, 0.1) is 27.1 Å². The van der Waals surface area contributed by atoms with Crippen LogP contribution in [-0.4, -0.2) is 15.0 Å². The lowest BCUT2D eigenvalue weighted by atomic mass is 9.93. The quantitative estimate of drug-likeness (QED) is 0.174. The molecule has 0 aliphatic heterocycles. The van der Waals surface area contributed by atoms with Gasteiger partial charge in [-0.1, -0.05) is 170 Å². The molecule has 0 amide bonds. The monoisotopic (exact) mass is 693 g/mol. The topological polar surface area (TPSA) is 38.7 Å². The molecule has 248 valence electrons. The summed E-state index contributed by atoms with van der Waals surface area (Å²) in [7, 11) is 0. The van der Waals surface area contributed by atoms with Crippen molar-refractivity contribution in [1.29, 1.82) is 0 Å². The molecular formula is C49H31N3S. The Hall–Kier alpha value is -6.75. The summed E-state index contributed by atoms with van der Waals surface area (Å²) >= 11 is 1.83. The Morgan fingerprint density at radius 3 is 1.58 bits per heavy atom. The van der Waals surface area contributed by atoms with E-state index in [1.807, 2.05) is 35.6 Å². The minimum absolute atomic E-state index is 0.723. The predicted molar refractivity (Wildman–Crippen MR) is 223 cm³/mol. The molecule has 3 aromatic heterocycles. The number of fused-ring (bicyclic) bond motifs is 4. The molecular weight excluding hydrogens is 663 g/mol. The number of para-hydroxylation sites is 2. The maximum atomic E-state index is 5.29. The molecule has 3 nitrogen and oxygen atoms in total. The van der Waals surface area contributed by atoms with E-state index in [0.29, 0.717) is 0 Å². The van der Waals surface area contributed by atoms with Crippen molar-refractivity contribution >= 4 is 43.2 Å². The highest BCUT2D eigenvalue weighted by molar-refractivity contribution is 7.23. The molecule has 0 spiro atoms. The van der Waals surface area contributed by atoms with Crippen LogP contribution in [0.2, 0.25) is 0 Å². The van der Waals surface area contributed by atoms with E-state index in [2.05, 4.69) is 164 Å². The summed E-state index contributed by atoms with van der Waals surface area (Å²) in [5, 5.41) is 3.42. The van der Waals surface area contributed by atoms with Gasteiger partial charge in [-0.25, -0.2) is 15.0 Å². The summed E-state index contributed by atoms with van der Waals surface area (Å²) in [6.07, 6.45) is 0. The zero-order valence-electron chi connectivity index (χ0n) is 28.6. The highest BCUT2D eigenvalue weighted by atomic mass is 32.1. The fourth-order valence-electron chi connectivity index (χ4n) is 7.36. The van der Waals surface area contributed by atoms with E-state index in [1.165, 1.54) is 37.2 Å². The largest absolute Gasteiger partial charge is 0.246 e. The fraction of sp³-hybridized carbons (Fsp3) is 0. The highest BCUT2D eigenvalue weighted by Gasteiger charge is 2.23. The van der Waals surface area contributed by atoms with Crippen LogP contribution in [-0.2, 0) is 0 Å². The van der Waals surface area contributed by atoms with Crippen LogP contribution < -0.4 is 0 Å². The highest BCUT2D eigenvalue weighted by Crippen LogP contribution is 2.50. The predicted octanol–water partition coefficient (Wildman–Crippen LogP) is 13.4. The first-order valence-corrected chi connectivity index (χ1v) is 18.6. The Morgan fingerprint density at radius 1 is 0.340 bits per heavy atom. The Labute approximate surface area is 311 Å². The number of benzene rings is 7. The molecule has 0 fully saturated rings. The average molecular weight is 694 g/mol. The van der Waals surface area contributed by atoms with Crippen LogP contribution in [0.1, 0.15) is 0 Å². The van der Waals surface area contributed by atoms with Gasteiger partial charge in [0, 0.05) is 43.3 Å². The average Bonchev–Trinajstić information content (AvgIpc) is 3.65. The molecule has 0 unspecified atom stereocenters. The van der Waals surface area contributed by atoms with Gasteiger partial charge in [0.25, 0.3) is 0 Å². The number of hydrogen-bond donors (Lipinski definition) is 0. The first-order chi connectivity index (χ1) is 26.3. The summed E-state index contributed by atoms with van der Waals surface area (Å²) < 4.78 is 1.18. The molecule has 0 bridgehead atoms. The van der Waals surface area contributed by atoms with E-state index in [-0.39, 0.29) is 0 Å². The summed E-state index contributed by atoms with van der Waals surface area (Å²) in [4.78, 5) is 16.6. The van der Waals surface area contributed by atoms with Gasteiger partial charge in [0.2, 0.25) is 0 Å². The number of thiophene rings is 1.